The molecule has 48 valence electrons. The van der Waals surface area contributed by atoms with Gasteiger partial charge in [0.25, 0.3) is 0 Å². The molecule has 0 aliphatic carbocycles. The van der Waals surface area contributed by atoms with Crippen LogP contribution < -0.4 is 0 Å². The Bertz CT molecular complexity index is 171. The largest absolute Gasteiger partial charge is 0.373 e. The van der Waals surface area contributed by atoms with Crippen molar-refractivity contribution in [1.29, 1.82) is 0 Å². The third kappa shape index (κ3) is 2.71. The minimum atomic E-state index is 0. The van der Waals surface area contributed by atoms with Gasteiger partial charge in [0, 0.05) is 26.9 Å². The van der Waals surface area contributed by atoms with Crippen molar-refractivity contribution in [1.82, 2.24) is 9.97 Å². The van der Waals surface area contributed by atoms with Gasteiger partial charge in [-0.05, 0) is 0 Å². The van der Waals surface area contributed by atoms with E-state index < -0.39 is 0 Å². The van der Waals surface area contributed by atoms with E-state index in [1.54, 1.807) is 6.07 Å². The second-order valence-corrected chi connectivity index (χ2v) is 1.69. The van der Waals surface area contributed by atoms with Crippen molar-refractivity contribution in [3.63, 3.8) is 0 Å². The third-order valence-corrected chi connectivity index (χ3v) is 0.838. The molecule has 1 rings (SSSR count). The topological polar surface area (TPSA) is 25.8 Å². The fourth-order valence-electron chi connectivity index (χ4n) is 0.532. The quantitative estimate of drug-likeness (QED) is 0.664. The molecule has 0 amide bonds. The maximum absolute atomic E-state index is 4.03. The molecule has 3 heteroatoms. The molecule has 0 unspecified atom stereocenters. The maximum atomic E-state index is 4.03. The molecule has 0 aliphatic heterocycles. The summed E-state index contributed by atoms with van der Waals surface area (Å²) in [6.45, 7) is 3.77. The summed E-state index contributed by atoms with van der Waals surface area (Å²) in [6.07, 6.45) is 2.72. The van der Waals surface area contributed by atoms with E-state index in [1.807, 2.05) is 13.8 Å². The molecule has 2 nitrogen and oxygen atoms in total. The van der Waals surface area contributed by atoms with Crippen LogP contribution in [-0.4, -0.2) is 9.97 Å². The first-order chi connectivity index (χ1) is 3.79. The summed E-state index contributed by atoms with van der Waals surface area (Å²) in [4.78, 5) is 7.84. The predicted molar refractivity (Wildman–Crippen MR) is 30.3 cm³/mol. The molecule has 0 aromatic carbocycles. The summed E-state index contributed by atoms with van der Waals surface area (Å²) in [5.74, 6) is 0.782. The van der Waals surface area contributed by atoms with Crippen molar-refractivity contribution in [2.75, 3.05) is 0 Å². The van der Waals surface area contributed by atoms with E-state index in [0.717, 1.165) is 11.5 Å². The summed E-state index contributed by atoms with van der Waals surface area (Å²) in [7, 11) is 0. The first kappa shape index (κ1) is 8.77. The summed E-state index contributed by atoms with van der Waals surface area (Å²) in [6, 6.07) is 1.76. The molecule has 1 heterocycles. The van der Waals surface area contributed by atoms with Gasteiger partial charge >= 0.3 is 0 Å². The van der Waals surface area contributed by atoms with Crippen LogP contribution in [0, 0.1) is 20.0 Å². The second-order valence-electron chi connectivity index (χ2n) is 1.69. The van der Waals surface area contributed by atoms with Gasteiger partial charge in [-0.2, -0.15) is 0 Å². The van der Waals surface area contributed by atoms with Crippen molar-refractivity contribution in [2.45, 2.75) is 13.8 Å². The van der Waals surface area contributed by atoms with Crippen molar-refractivity contribution in [2.24, 2.45) is 0 Å². The van der Waals surface area contributed by atoms with Gasteiger partial charge in [0.15, 0.2) is 0 Å². The molecule has 0 spiro atoms. The van der Waals surface area contributed by atoms with Gasteiger partial charge in [0.1, 0.15) is 0 Å². The first-order valence-corrected chi connectivity index (χ1v) is 2.47. The molecule has 0 N–H and O–H groups in total. The van der Waals surface area contributed by atoms with Crippen LogP contribution in [0.25, 0.3) is 0 Å². The van der Waals surface area contributed by atoms with Gasteiger partial charge in [-0.1, -0.05) is 25.7 Å². The molecule has 0 fully saturated rings. The van der Waals surface area contributed by atoms with Crippen molar-refractivity contribution < 1.29 is 21.1 Å². The normalized spacial score (nSPS) is 8.22. The van der Waals surface area contributed by atoms with E-state index in [-0.39, 0.29) is 21.1 Å². The van der Waals surface area contributed by atoms with E-state index in [9.17, 15) is 0 Å². The molecule has 0 bridgehead atoms. The first-order valence-electron chi connectivity index (χ1n) is 2.47. The molecule has 0 saturated carbocycles. The van der Waals surface area contributed by atoms with Gasteiger partial charge in [0.2, 0.25) is 0 Å². The third-order valence-electron chi connectivity index (χ3n) is 0.838. The Balaban J connectivity index is 0.000000640. The second kappa shape index (κ2) is 3.73. The fourth-order valence-corrected chi connectivity index (χ4v) is 0.532. The fraction of sp³-hybridized carbons (Fsp3) is 0.333. The zero-order valence-electron chi connectivity index (χ0n) is 5.38. The van der Waals surface area contributed by atoms with E-state index in [4.69, 9.17) is 0 Å². The van der Waals surface area contributed by atoms with Crippen molar-refractivity contribution >= 4 is 0 Å². The van der Waals surface area contributed by atoms with Gasteiger partial charge in [0.05, 0.1) is 0 Å². The molecule has 0 radical (unpaired) electrons. The molecule has 1 aromatic heterocycles. The van der Waals surface area contributed by atoms with Crippen molar-refractivity contribution in [3.8, 4) is 0 Å². The van der Waals surface area contributed by atoms with Crippen LogP contribution in [0.15, 0.2) is 6.07 Å². The minimum absolute atomic E-state index is 0. The number of hydrogen-bond donors (Lipinski definition) is 0. The van der Waals surface area contributed by atoms with Crippen LogP contribution in [0.2, 0.25) is 0 Å². The van der Waals surface area contributed by atoms with Crippen LogP contribution in [0.5, 0.6) is 0 Å². The van der Waals surface area contributed by atoms with Crippen LogP contribution >= 0.6 is 0 Å². The standard InChI is InChI=1S/C6H7N2.W/c1-5-3-4-7-6(2)8-5;/h3H,1-2H3;/q-1;. The summed E-state index contributed by atoms with van der Waals surface area (Å²) >= 11 is 0. The van der Waals surface area contributed by atoms with E-state index >= 15 is 0 Å². The van der Waals surface area contributed by atoms with Crippen LogP contribution in [0.4, 0.5) is 0 Å². The Labute approximate surface area is 69.0 Å². The number of rotatable bonds is 0. The maximum Gasteiger partial charge on any atom is 0.0106 e. The van der Waals surface area contributed by atoms with Crippen LogP contribution in [-0.2, 0) is 21.1 Å². The summed E-state index contributed by atoms with van der Waals surface area (Å²) < 4.78 is 0. The van der Waals surface area contributed by atoms with E-state index in [1.165, 1.54) is 0 Å². The Morgan fingerprint density at radius 2 is 2.11 bits per heavy atom. The molecule has 0 aliphatic rings. The molecule has 1 aromatic rings. The predicted octanol–water partition coefficient (Wildman–Crippen LogP) is 0.891. The monoisotopic (exact) mass is 291 g/mol. The molecular formula is C6H7N2W-. The zero-order valence-corrected chi connectivity index (χ0v) is 8.31. The van der Waals surface area contributed by atoms with Crippen LogP contribution in [0.1, 0.15) is 11.5 Å². The average Bonchev–Trinajstić information content (AvgIpc) is 1.64. The average molecular weight is 291 g/mol. The van der Waals surface area contributed by atoms with Crippen molar-refractivity contribution in [3.05, 3.63) is 23.8 Å². The minimum Gasteiger partial charge on any atom is -0.373 e. The van der Waals surface area contributed by atoms with Gasteiger partial charge < -0.3 is 9.97 Å². The molecule has 9 heavy (non-hydrogen) atoms. The SMILES string of the molecule is Cc1c[c-]nc(C)n1.[W]. The smallest absolute Gasteiger partial charge is 0.0106 e. The number of nitrogens with zero attached hydrogens (tertiary/aromatic N) is 2. The van der Waals surface area contributed by atoms with Crippen LogP contribution in [0.3, 0.4) is 0 Å². The summed E-state index contributed by atoms with van der Waals surface area (Å²) in [5.41, 5.74) is 0.970. The molecule has 0 saturated heterocycles. The van der Waals surface area contributed by atoms with E-state index in [2.05, 4.69) is 16.2 Å². The van der Waals surface area contributed by atoms with Gasteiger partial charge in [-0.25, -0.2) is 0 Å². The zero-order chi connectivity index (χ0) is 5.98. The van der Waals surface area contributed by atoms with E-state index in [0.29, 0.717) is 0 Å². The Morgan fingerprint density at radius 3 is 2.44 bits per heavy atom. The van der Waals surface area contributed by atoms with Gasteiger partial charge in [-0.3, -0.25) is 0 Å². The molecular weight excluding hydrogens is 284 g/mol. The molecule has 0 atom stereocenters. The Morgan fingerprint density at radius 1 is 1.44 bits per heavy atom. The Hall–Kier alpha value is -0.232. The number of aryl methyl sites for hydroxylation is 2. The van der Waals surface area contributed by atoms with Gasteiger partial charge in [-0.15, -0.1) is 6.07 Å². The Kier molecular flexibility index (Phi) is 3.63. The number of hydrogen-bond acceptors (Lipinski definition) is 2. The summed E-state index contributed by atoms with van der Waals surface area (Å²) in [5, 5.41) is 0. The number of aromatic nitrogens is 2.